The minimum Gasteiger partial charge on any atom is -0.361 e. The van der Waals surface area contributed by atoms with Gasteiger partial charge >= 0.3 is 6.03 Å². The van der Waals surface area contributed by atoms with Crippen molar-refractivity contribution in [3.8, 4) is 0 Å². The largest absolute Gasteiger partial charge is 0.361 e. The molecule has 0 unspecified atom stereocenters. The Morgan fingerprint density at radius 1 is 1.32 bits per heavy atom. The molecule has 0 aromatic carbocycles. The molecule has 0 aliphatic carbocycles. The average Bonchev–Trinajstić information content (AvgIpc) is 3.14. The molecule has 1 aliphatic heterocycles. The third-order valence-corrected chi connectivity index (χ3v) is 3.83. The van der Waals surface area contributed by atoms with E-state index in [0.29, 0.717) is 25.6 Å². The van der Waals surface area contributed by atoms with Crippen LogP contribution in [0.15, 0.2) is 9.52 Å². The SMILES string of the molecule is CCc1noc(CC)c1CNC(=NC)NCCN1C(=O)CNC1=O.I. The first kappa shape index (κ1) is 21.2. The topological polar surface area (TPSA) is 112 Å². The highest BCUT2D eigenvalue weighted by Gasteiger charge is 2.27. The quantitative estimate of drug-likeness (QED) is 0.236. The summed E-state index contributed by atoms with van der Waals surface area (Å²) in [6.07, 6.45) is 1.58. The molecular weight excluding hydrogens is 439 g/mol. The Labute approximate surface area is 164 Å². The van der Waals surface area contributed by atoms with Crippen LogP contribution in [0.25, 0.3) is 0 Å². The number of imide groups is 1. The molecule has 3 amide bonds. The van der Waals surface area contributed by atoms with Crippen LogP contribution in [0.5, 0.6) is 0 Å². The average molecular weight is 464 g/mol. The zero-order valence-electron chi connectivity index (χ0n) is 14.7. The van der Waals surface area contributed by atoms with Crippen LogP contribution in [0, 0.1) is 0 Å². The molecule has 140 valence electrons. The second-order valence-electron chi connectivity index (χ2n) is 5.29. The zero-order valence-corrected chi connectivity index (χ0v) is 17.0. The van der Waals surface area contributed by atoms with Gasteiger partial charge in [-0.1, -0.05) is 19.0 Å². The summed E-state index contributed by atoms with van der Waals surface area (Å²) in [6.45, 7) is 5.39. The van der Waals surface area contributed by atoms with Crippen molar-refractivity contribution >= 4 is 41.9 Å². The molecule has 9 nitrogen and oxygen atoms in total. The van der Waals surface area contributed by atoms with E-state index < -0.39 is 0 Å². The first-order chi connectivity index (χ1) is 11.6. The number of nitrogens with zero attached hydrogens (tertiary/aromatic N) is 3. The van der Waals surface area contributed by atoms with Gasteiger partial charge in [0.1, 0.15) is 5.76 Å². The Bertz CT molecular complexity index is 593. The van der Waals surface area contributed by atoms with Gasteiger partial charge in [-0.2, -0.15) is 0 Å². The summed E-state index contributed by atoms with van der Waals surface area (Å²) in [7, 11) is 1.66. The lowest BCUT2D eigenvalue weighted by molar-refractivity contribution is -0.124. The number of hydrogen-bond donors (Lipinski definition) is 3. The van der Waals surface area contributed by atoms with Gasteiger partial charge in [0, 0.05) is 38.7 Å². The first-order valence-electron chi connectivity index (χ1n) is 8.09. The molecule has 3 N–H and O–H groups in total. The molecule has 0 bridgehead atoms. The van der Waals surface area contributed by atoms with Crippen LogP contribution >= 0.6 is 24.0 Å². The van der Waals surface area contributed by atoms with Crippen molar-refractivity contribution in [1.82, 2.24) is 26.0 Å². The van der Waals surface area contributed by atoms with Crippen molar-refractivity contribution < 1.29 is 14.1 Å². The van der Waals surface area contributed by atoms with Gasteiger partial charge in [0.05, 0.1) is 12.2 Å². The van der Waals surface area contributed by atoms with Crippen molar-refractivity contribution in [2.24, 2.45) is 4.99 Å². The van der Waals surface area contributed by atoms with Gasteiger partial charge < -0.3 is 20.5 Å². The number of amides is 3. The van der Waals surface area contributed by atoms with Crippen molar-refractivity contribution in [3.63, 3.8) is 0 Å². The van der Waals surface area contributed by atoms with E-state index in [1.807, 2.05) is 13.8 Å². The summed E-state index contributed by atoms with van der Waals surface area (Å²) < 4.78 is 5.34. The third-order valence-electron chi connectivity index (χ3n) is 3.83. The van der Waals surface area contributed by atoms with E-state index in [1.54, 1.807) is 7.05 Å². The normalized spacial score (nSPS) is 14.4. The molecule has 1 fully saturated rings. The fourth-order valence-electron chi connectivity index (χ4n) is 2.50. The van der Waals surface area contributed by atoms with Gasteiger partial charge in [0.25, 0.3) is 0 Å². The Morgan fingerprint density at radius 3 is 2.64 bits per heavy atom. The molecule has 10 heteroatoms. The van der Waals surface area contributed by atoms with Gasteiger partial charge in [-0.15, -0.1) is 24.0 Å². The first-order valence-corrected chi connectivity index (χ1v) is 8.09. The lowest BCUT2D eigenvalue weighted by Crippen LogP contribution is -2.43. The fraction of sp³-hybridized carbons (Fsp3) is 0.600. The number of guanidine groups is 1. The summed E-state index contributed by atoms with van der Waals surface area (Å²) in [5.41, 5.74) is 1.99. The lowest BCUT2D eigenvalue weighted by Gasteiger charge is -2.15. The number of hydrogen-bond acceptors (Lipinski definition) is 5. The molecule has 2 heterocycles. The fourth-order valence-corrected chi connectivity index (χ4v) is 2.50. The Kier molecular flexibility index (Phi) is 8.66. The van der Waals surface area contributed by atoms with Crippen LogP contribution < -0.4 is 16.0 Å². The maximum atomic E-state index is 11.5. The number of halogens is 1. The van der Waals surface area contributed by atoms with Gasteiger partial charge in [0.15, 0.2) is 5.96 Å². The Hall–Kier alpha value is -1.85. The second-order valence-corrected chi connectivity index (χ2v) is 5.29. The summed E-state index contributed by atoms with van der Waals surface area (Å²) in [5.74, 6) is 1.25. The molecule has 0 atom stereocenters. The number of carbonyl (C=O) groups is 2. The van der Waals surface area contributed by atoms with E-state index in [4.69, 9.17) is 4.52 Å². The highest BCUT2D eigenvalue weighted by atomic mass is 127. The van der Waals surface area contributed by atoms with E-state index in [2.05, 4.69) is 26.1 Å². The summed E-state index contributed by atoms with van der Waals surface area (Å²) in [4.78, 5) is 28.3. The molecule has 0 spiro atoms. The number of aromatic nitrogens is 1. The third kappa shape index (κ3) is 5.31. The maximum absolute atomic E-state index is 11.5. The molecule has 1 aliphatic rings. The van der Waals surface area contributed by atoms with E-state index in [0.717, 1.165) is 29.9 Å². The van der Waals surface area contributed by atoms with Crippen LogP contribution in [0.4, 0.5) is 4.79 Å². The predicted molar refractivity (Wildman–Crippen MR) is 104 cm³/mol. The van der Waals surface area contributed by atoms with Crippen LogP contribution in [0.2, 0.25) is 0 Å². The summed E-state index contributed by atoms with van der Waals surface area (Å²) in [6, 6.07) is -0.352. The second kappa shape index (κ2) is 10.2. The van der Waals surface area contributed by atoms with Crippen molar-refractivity contribution in [3.05, 3.63) is 17.0 Å². The molecule has 1 aromatic rings. The summed E-state index contributed by atoms with van der Waals surface area (Å²) >= 11 is 0. The Morgan fingerprint density at radius 2 is 2.08 bits per heavy atom. The molecule has 25 heavy (non-hydrogen) atoms. The molecule has 1 aromatic heterocycles. The number of aryl methyl sites for hydroxylation is 2. The van der Waals surface area contributed by atoms with Gasteiger partial charge in [-0.25, -0.2) is 4.79 Å². The smallest absolute Gasteiger partial charge is 0.324 e. The highest BCUT2D eigenvalue weighted by molar-refractivity contribution is 14.0. The number of rotatable bonds is 7. The molecular formula is C15H25IN6O3. The lowest BCUT2D eigenvalue weighted by atomic mass is 10.1. The van der Waals surface area contributed by atoms with E-state index in [9.17, 15) is 9.59 Å². The van der Waals surface area contributed by atoms with Crippen LogP contribution in [-0.4, -0.2) is 54.6 Å². The predicted octanol–water partition coefficient (Wildman–Crippen LogP) is 0.634. The molecule has 1 saturated heterocycles. The number of nitrogens with one attached hydrogen (secondary N) is 3. The van der Waals surface area contributed by atoms with Crippen LogP contribution in [-0.2, 0) is 24.2 Å². The van der Waals surface area contributed by atoms with E-state index >= 15 is 0 Å². The van der Waals surface area contributed by atoms with Gasteiger partial charge in [-0.05, 0) is 6.42 Å². The molecule has 0 saturated carbocycles. The number of urea groups is 1. The molecule has 2 rings (SSSR count). The van der Waals surface area contributed by atoms with E-state index in [-0.39, 0.29) is 42.5 Å². The van der Waals surface area contributed by atoms with Crippen LogP contribution in [0.1, 0.15) is 30.9 Å². The Balaban J connectivity index is 0.00000312. The van der Waals surface area contributed by atoms with Crippen molar-refractivity contribution in [1.29, 1.82) is 0 Å². The van der Waals surface area contributed by atoms with Gasteiger partial charge in [0.2, 0.25) is 5.91 Å². The van der Waals surface area contributed by atoms with Crippen molar-refractivity contribution in [2.75, 3.05) is 26.7 Å². The summed E-state index contributed by atoms with van der Waals surface area (Å²) in [5, 5.41) is 12.9. The highest BCUT2D eigenvalue weighted by Crippen LogP contribution is 2.15. The number of aliphatic imine (C=N–C) groups is 1. The monoisotopic (exact) mass is 464 g/mol. The van der Waals surface area contributed by atoms with Gasteiger partial charge in [-0.3, -0.25) is 14.7 Å². The minimum absolute atomic E-state index is 0. The standard InChI is InChI=1S/C15H24N6O3.HI/c1-4-11-10(12(5-2)24-20-11)8-18-14(16-3)17-6-7-21-13(22)9-19-15(21)23;/h4-9H2,1-3H3,(H,19,23)(H2,16,17,18);1H. The maximum Gasteiger partial charge on any atom is 0.324 e. The van der Waals surface area contributed by atoms with Crippen LogP contribution in [0.3, 0.4) is 0 Å². The minimum atomic E-state index is -0.352. The van der Waals surface area contributed by atoms with Crippen molar-refractivity contribution in [2.45, 2.75) is 33.2 Å². The van der Waals surface area contributed by atoms with E-state index in [1.165, 1.54) is 4.90 Å². The molecule has 0 radical (unpaired) electrons. The number of carbonyl (C=O) groups excluding carboxylic acids is 2. The zero-order chi connectivity index (χ0) is 17.5.